The van der Waals surface area contributed by atoms with Crippen molar-refractivity contribution in [3.8, 4) is 0 Å². The molecule has 0 aliphatic heterocycles. The van der Waals surface area contributed by atoms with Crippen LogP contribution in [0.25, 0.3) is 0 Å². The molecule has 0 saturated heterocycles. The van der Waals surface area contributed by atoms with Crippen LogP contribution in [0.5, 0.6) is 0 Å². The molecule has 1 N–H and O–H groups in total. The van der Waals surface area contributed by atoms with Gasteiger partial charge < -0.3 is 5.32 Å². The first-order valence-corrected chi connectivity index (χ1v) is 6.02. The maximum absolute atomic E-state index is 5.90. The van der Waals surface area contributed by atoms with Crippen LogP contribution >= 0.6 is 11.6 Å². The Labute approximate surface area is 95.8 Å². The highest BCUT2D eigenvalue weighted by Crippen LogP contribution is 2.45. The van der Waals surface area contributed by atoms with E-state index in [2.05, 4.69) is 16.6 Å². The molecule has 0 radical (unpaired) electrons. The van der Waals surface area contributed by atoms with Gasteiger partial charge in [0.15, 0.2) is 0 Å². The number of rotatable bonds is 6. The van der Waals surface area contributed by atoms with Gasteiger partial charge in [-0.1, -0.05) is 0 Å². The molecule has 0 unspecified atom stereocenters. The van der Waals surface area contributed by atoms with E-state index in [9.17, 15) is 0 Å². The Morgan fingerprint density at radius 3 is 2.93 bits per heavy atom. The molecule has 15 heavy (non-hydrogen) atoms. The molecule has 0 bridgehead atoms. The molecule has 1 aliphatic rings. The summed E-state index contributed by atoms with van der Waals surface area (Å²) in [5.74, 6) is 0.799. The van der Waals surface area contributed by atoms with Crippen molar-refractivity contribution in [2.45, 2.75) is 19.3 Å². The molecule has 0 spiro atoms. The van der Waals surface area contributed by atoms with Crippen LogP contribution < -0.4 is 5.32 Å². The van der Waals surface area contributed by atoms with Gasteiger partial charge in [-0.15, -0.1) is 11.6 Å². The van der Waals surface area contributed by atoms with E-state index in [1.807, 2.05) is 17.9 Å². The summed E-state index contributed by atoms with van der Waals surface area (Å²) in [5, 5.41) is 7.62. The molecule has 1 heterocycles. The minimum Gasteiger partial charge on any atom is -0.316 e. The lowest BCUT2D eigenvalue weighted by Gasteiger charge is -2.11. The number of alkyl halides is 1. The van der Waals surface area contributed by atoms with Crippen molar-refractivity contribution in [1.82, 2.24) is 15.1 Å². The molecular weight excluding hydrogens is 210 g/mol. The molecule has 0 amide bonds. The summed E-state index contributed by atoms with van der Waals surface area (Å²) in [4.78, 5) is 0. The van der Waals surface area contributed by atoms with Crippen LogP contribution in [0.15, 0.2) is 12.4 Å². The van der Waals surface area contributed by atoms with E-state index in [1.165, 1.54) is 18.4 Å². The van der Waals surface area contributed by atoms with Gasteiger partial charge in [-0.3, -0.25) is 4.68 Å². The van der Waals surface area contributed by atoms with Crippen molar-refractivity contribution in [1.29, 1.82) is 0 Å². The van der Waals surface area contributed by atoms with E-state index in [0.29, 0.717) is 5.41 Å². The fraction of sp³-hybridized carbons (Fsp3) is 0.727. The van der Waals surface area contributed by atoms with Gasteiger partial charge in [-0.25, -0.2) is 0 Å². The molecule has 84 valence electrons. The molecule has 1 aromatic heterocycles. The molecule has 2 rings (SSSR count). The highest BCUT2D eigenvalue weighted by atomic mass is 35.5. The van der Waals surface area contributed by atoms with E-state index in [1.54, 1.807) is 0 Å². The topological polar surface area (TPSA) is 29.9 Å². The Kier molecular flexibility index (Phi) is 3.32. The normalized spacial score (nSPS) is 18.0. The van der Waals surface area contributed by atoms with Gasteiger partial charge in [0.1, 0.15) is 0 Å². The Morgan fingerprint density at radius 1 is 1.60 bits per heavy atom. The van der Waals surface area contributed by atoms with E-state index in [4.69, 9.17) is 11.6 Å². The second-order valence-corrected chi connectivity index (χ2v) is 4.85. The average Bonchev–Trinajstić information content (AvgIpc) is 2.91. The lowest BCUT2D eigenvalue weighted by Crippen LogP contribution is -2.26. The molecular formula is C11H18ClN3. The van der Waals surface area contributed by atoms with Crippen molar-refractivity contribution in [3.63, 3.8) is 0 Å². The van der Waals surface area contributed by atoms with Crippen LogP contribution in [0.2, 0.25) is 0 Å². The second kappa shape index (κ2) is 4.54. The van der Waals surface area contributed by atoms with E-state index in [-0.39, 0.29) is 0 Å². The van der Waals surface area contributed by atoms with Gasteiger partial charge in [0.2, 0.25) is 0 Å². The summed E-state index contributed by atoms with van der Waals surface area (Å²) in [5.41, 5.74) is 1.72. The van der Waals surface area contributed by atoms with Crippen LogP contribution in [-0.2, 0) is 13.5 Å². The minimum atomic E-state index is 0.427. The number of aromatic nitrogens is 2. The van der Waals surface area contributed by atoms with Crippen molar-refractivity contribution in [2.75, 3.05) is 19.0 Å². The molecule has 3 nitrogen and oxygen atoms in total. The molecule has 1 aliphatic carbocycles. The molecule has 0 aromatic carbocycles. The van der Waals surface area contributed by atoms with Crippen LogP contribution in [0.3, 0.4) is 0 Å². The number of hydrogen-bond acceptors (Lipinski definition) is 2. The lowest BCUT2D eigenvalue weighted by atomic mass is 10.1. The Hall–Kier alpha value is -0.540. The maximum atomic E-state index is 5.90. The number of hydrogen-bond donors (Lipinski definition) is 1. The van der Waals surface area contributed by atoms with Gasteiger partial charge in [0, 0.05) is 25.7 Å². The Bertz CT molecular complexity index is 317. The first kappa shape index (κ1) is 11.0. The molecule has 1 fully saturated rings. The van der Waals surface area contributed by atoms with E-state index in [0.717, 1.165) is 25.4 Å². The maximum Gasteiger partial charge on any atom is 0.0522 e. The fourth-order valence-electron chi connectivity index (χ4n) is 1.72. The van der Waals surface area contributed by atoms with Crippen molar-refractivity contribution in [2.24, 2.45) is 12.5 Å². The van der Waals surface area contributed by atoms with Crippen molar-refractivity contribution in [3.05, 3.63) is 18.0 Å². The predicted molar refractivity (Wildman–Crippen MR) is 62.2 cm³/mol. The standard InChI is InChI=1S/C11H18ClN3/c1-15-7-10(6-14-15)2-5-13-9-11(8-12)3-4-11/h6-7,13H,2-5,8-9H2,1H3. The van der Waals surface area contributed by atoms with Crippen molar-refractivity contribution >= 4 is 11.6 Å². The lowest BCUT2D eigenvalue weighted by molar-refractivity contribution is 0.507. The predicted octanol–water partition coefficient (Wildman–Crippen LogP) is 1.57. The summed E-state index contributed by atoms with van der Waals surface area (Å²) >= 11 is 5.90. The van der Waals surface area contributed by atoms with E-state index >= 15 is 0 Å². The first-order chi connectivity index (χ1) is 7.24. The van der Waals surface area contributed by atoms with E-state index < -0.39 is 0 Å². The molecule has 4 heteroatoms. The van der Waals surface area contributed by atoms with Crippen LogP contribution in [0.4, 0.5) is 0 Å². The van der Waals surface area contributed by atoms with Crippen LogP contribution in [0, 0.1) is 5.41 Å². The summed E-state index contributed by atoms with van der Waals surface area (Å²) in [6.45, 7) is 2.08. The molecule has 1 saturated carbocycles. The van der Waals surface area contributed by atoms with Gasteiger partial charge in [0.25, 0.3) is 0 Å². The quantitative estimate of drug-likeness (QED) is 0.591. The molecule has 0 atom stereocenters. The zero-order valence-electron chi connectivity index (χ0n) is 9.17. The molecule has 1 aromatic rings. The highest BCUT2D eigenvalue weighted by molar-refractivity contribution is 6.18. The zero-order chi connectivity index (χ0) is 10.7. The van der Waals surface area contributed by atoms with Crippen LogP contribution in [0.1, 0.15) is 18.4 Å². The summed E-state index contributed by atoms with van der Waals surface area (Å²) in [6, 6.07) is 0. The number of nitrogens with one attached hydrogen (secondary N) is 1. The summed E-state index contributed by atoms with van der Waals surface area (Å²) < 4.78 is 1.84. The number of nitrogens with zero attached hydrogens (tertiary/aromatic N) is 2. The third-order valence-electron chi connectivity index (χ3n) is 3.09. The average molecular weight is 228 g/mol. The Balaban J connectivity index is 1.63. The zero-order valence-corrected chi connectivity index (χ0v) is 9.93. The highest BCUT2D eigenvalue weighted by Gasteiger charge is 2.40. The summed E-state index contributed by atoms with van der Waals surface area (Å²) in [7, 11) is 1.95. The van der Waals surface area contributed by atoms with Gasteiger partial charge in [-0.05, 0) is 36.8 Å². The smallest absolute Gasteiger partial charge is 0.0522 e. The SMILES string of the molecule is Cn1cc(CCNCC2(CCl)CC2)cn1. The monoisotopic (exact) mass is 227 g/mol. The largest absolute Gasteiger partial charge is 0.316 e. The Morgan fingerprint density at radius 2 is 2.40 bits per heavy atom. The minimum absolute atomic E-state index is 0.427. The third kappa shape index (κ3) is 2.95. The summed E-state index contributed by atoms with van der Waals surface area (Å²) in [6.07, 6.45) is 7.62. The third-order valence-corrected chi connectivity index (χ3v) is 3.66. The van der Waals surface area contributed by atoms with Crippen LogP contribution in [-0.4, -0.2) is 28.8 Å². The first-order valence-electron chi connectivity index (χ1n) is 5.48. The number of halogens is 1. The number of aryl methyl sites for hydroxylation is 1. The fourth-order valence-corrected chi connectivity index (χ4v) is 2.08. The van der Waals surface area contributed by atoms with Crippen molar-refractivity contribution < 1.29 is 0 Å². The van der Waals surface area contributed by atoms with Gasteiger partial charge in [0.05, 0.1) is 6.20 Å². The second-order valence-electron chi connectivity index (χ2n) is 4.58. The van der Waals surface area contributed by atoms with Gasteiger partial charge >= 0.3 is 0 Å². The van der Waals surface area contributed by atoms with Gasteiger partial charge in [-0.2, -0.15) is 5.10 Å².